The number of nitrogens with one attached hydrogen (secondary N) is 1. The molecule has 0 heterocycles. The summed E-state index contributed by atoms with van der Waals surface area (Å²) in [6.45, 7) is 1.59. The topological polar surface area (TPSA) is 55.4 Å². The van der Waals surface area contributed by atoms with Crippen molar-refractivity contribution >= 4 is 34.5 Å². The Labute approximate surface area is 143 Å². The van der Waals surface area contributed by atoms with Crippen molar-refractivity contribution in [3.63, 3.8) is 0 Å². The van der Waals surface area contributed by atoms with Gasteiger partial charge in [-0.3, -0.25) is 4.79 Å². The highest BCUT2D eigenvalue weighted by Gasteiger charge is 2.13. The number of ether oxygens (including phenoxy) is 1. The Hall–Kier alpha value is -1.89. The maximum absolute atomic E-state index is 11.9. The Morgan fingerprint density at radius 1 is 1.14 bits per heavy atom. The molecule has 4 nitrogen and oxygen atoms in total. The van der Waals surface area contributed by atoms with Crippen LogP contribution in [0.25, 0.3) is 0 Å². The van der Waals surface area contributed by atoms with Crippen molar-refractivity contribution in [2.24, 2.45) is 0 Å². The summed E-state index contributed by atoms with van der Waals surface area (Å²) in [4.78, 5) is 23.7. The first-order valence-electron chi connectivity index (χ1n) is 6.83. The Morgan fingerprint density at radius 3 is 2.55 bits per heavy atom. The standard InChI is InChI=1S/C17H16INO3/c1-12(13-6-3-2-4-7-13)19-16(20)11-22-17(21)14-8-5-9-15(18)10-14/h2-10,12H,11H2,1H3,(H,19,20)/t12-/m0/s1. The SMILES string of the molecule is C[C@H](NC(=O)COC(=O)c1cccc(I)c1)c1ccccc1. The second-order valence-corrected chi connectivity index (χ2v) is 6.03. The maximum atomic E-state index is 11.9. The quantitative estimate of drug-likeness (QED) is 0.609. The van der Waals surface area contributed by atoms with Crippen molar-refractivity contribution < 1.29 is 14.3 Å². The summed E-state index contributed by atoms with van der Waals surface area (Å²) < 4.78 is 5.97. The van der Waals surface area contributed by atoms with Crippen LogP contribution >= 0.6 is 22.6 Å². The van der Waals surface area contributed by atoms with Gasteiger partial charge in [0.05, 0.1) is 11.6 Å². The van der Waals surface area contributed by atoms with Crippen LogP contribution in [0.1, 0.15) is 28.9 Å². The molecule has 0 aliphatic carbocycles. The number of carbonyl (C=O) groups is 2. The van der Waals surface area contributed by atoms with Gasteiger partial charge >= 0.3 is 5.97 Å². The van der Waals surface area contributed by atoms with E-state index in [2.05, 4.69) is 27.9 Å². The maximum Gasteiger partial charge on any atom is 0.338 e. The minimum atomic E-state index is -0.499. The minimum absolute atomic E-state index is 0.134. The first-order chi connectivity index (χ1) is 10.6. The summed E-state index contributed by atoms with van der Waals surface area (Å²) in [5, 5.41) is 2.80. The summed E-state index contributed by atoms with van der Waals surface area (Å²) in [5.74, 6) is -0.823. The monoisotopic (exact) mass is 409 g/mol. The Balaban J connectivity index is 1.84. The average Bonchev–Trinajstić information content (AvgIpc) is 2.53. The highest BCUT2D eigenvalue weighted by Crippen LogP contribution is 2.11. The van der Waals surface area contributed by atoms with Gasteiger partial charge in [-0.25, -0.2) is 4.79 Å². The van der Waals surface area contributed by atoms with Gasteiger partial charge in [-0.1, -0.05) is 36.4 Å². The molecule has 5 heteroatoms. The largest absolute Gasteiger partial charge is 0.452 e. The molecule has 22 heavy (non-hydrogen) atoms. The van der Waals surface area contributed by atoms with E-state index in [1.807, 2.05) is 43.3 Å². The predicted molar refractivity (Wildman–Crippen MR) is 92.4 cm³/mol. The van der Waals surface area contributed by atoms with E-state index >= 15 is 0 Å². The fraction of sp³-hybridized carbons (Fsp3) is 0.176. The van der Waals surface area contributed by atoms with Crippen LogP contribution in [0, 0.1) is 3.57 Å². The predicted octanol–water partition coefficient (Wildman–Crippen LogP) is 3.33. The fourth-order valence-corrected chi connectivity index (χ4v) is 2.48. The molecule has 114 valence electrons. The minimum Gasteiger partial charge on any atom is -0.452 e. The van der Waals surface area contributed by atoms with Gasteiger partial charge < -0.3 is 10.1 Å². The molecule has 0 aliphatic rings. The van der Waals surface area contributed by atoms with Crippen molar-refractivity contribution in [1.82, 2.24) is 5.32 Å². The molecule has 0 spiro atoms. The van der Waals surface area contributed by atoms with Gasteiger partial charge in [0, 0.05) is 3.57 Å². The highest BCUT2D eigenvalue weighted by atomic mass is 127. The van der Waals surface area contributed by atoms with Crippen molar-refractivity contribution in [3.05, 3.63) is 69.3 Å². The number of halogens is 1. The lowest BCUT2D eigenvalue weighted by atomic mass is 10.1. The van der Waals surface area contributed by atoms with Gasteiger partial charge in [0.25, 0.3) is 5.91 Å². The number of hydrogen-bond donors (Lipinski definition) is 1. The first kappa shape index (κ1) is 16.5. The van der Waals surface area contributed by atoms with Crippen LogP contribution in [0.15, 0.2) is 54.6 Å². The lowest BCUT2D eigenvalue weighted by molar-refractivity contribution is -0.124. The normalized spacial score (nSPS) is 11.5. The van der Waals surface area contributed by atoms with E-state index < -0.39 is 5.97 Å². The third-order valence-electron chi connectivity index (χ3n) is 3.07. The number of benzene rings is 2. The van der Waals surface area contributed by atoms with E-state index in [1.54, 1.807) is 18.2 Å². The molecule has 0 radical (unpaired) electrons. The molecule has 2 rings (SSSR count). The number of amides is 1. The molecule has 0 saturated carbocycles. The number of rotatable bonds is 5. The smallest absolute Gasteiger partial charge is 0.338 e. The first-order valence-corrected chi connectivity index (χ1v) is 7.91. The van der Waals surface area contributed by atoms with Gasteiger partial charge in [-0.15, -0.1) is 0 Å². The van der Waals surface area contributed by atoms with Crippen LogP contribution in [0.2, 0.25) is 0 Å². The van der Waals surface area contributed by atoms with E-state index in [4.69, 9.17) is 4.74 Å². The summed E-state index contributed by atoms with van der Waals surface area (Å²) in [6.07, 6.45) is 0. The molecule has 0 aromatic heterocycles. The molecule has 0 fully saturated rings. The summed E-state index contributed by atoms with van der Waals surface area (Å²) in [6, 6.07) is 16.5. The number of esters is 1. The van der Waals surface area contributed by atoms with E-state index in [9.17, 15) is 9.59 Å². The Bertz CT molecular complexity index is 658. The number of carbonyl (C=O) groups excluding carboxylic acids is 2. The van der Waals surface area contributed by atoms with E-state index in [0.29, 0.717) is 5.56 Å². The zero-order chi connectivity index (χ0) is 15.9. The van der Waals surface area contributed by atoms with Gasteiger partial charge in [0.1, 0.15) is 0 Å². The lowest BCUT2D eigenvalue weighted by Gasteiger charge is -2.14. The third kappa shape index (κ3) is 4.84. The molecule has 1 amide bonds. The average molecular weight is 409 g/mol. The highest BCUT2D eigenvalue weighted by molar-refractivity contribution is 14.1. The number of hydrogen-bond acceptors (Lipinski definition) is 3. The van der Waals surface area contributed by atoms with Crippen LogP contribution in [0.4, 0.5) is 0 Å². The Morgan fingerprint density at radius 2 is 1.86 bits per heavy atom. The van der Waals surface area contributed by atoms with E-state index in [-0.39, 0.29) is 18.6 Å². The van der Waals surface area contributed by atoms with Crippen molar-refractivity contribution in [2.75, 3.05) is 6.61 Å². The summed E-state index contributed by atoms with van der Waals surface area (Å²) in [7, 11) is 0. The van der Waals surface area contributed by atoms with Crippen LogP contribution < -0.4 is 5.32 Å². The zero-order valence-corrected chi connectivity index (χ0v) is 14.2. The third-order valence-corrected chi connectivity index (χ3v) is 3.74. The molecule has 2 aromatic carbocycles. The van der Waals surface area contributed by atoms with Gasteiger partial charge in [-0.2, -0.15) is 0 Å². The summed E-state index contributed by atoms with van der Waals surface area (Å²) >= 11 is 2.12. The summed E-state index contributed by atoms with van der Waals surface area (Å²) in [5.41, 5.74) is 1.44. The van der Waals surface area contributed by atoms with Crippen molar-refractivity contribution in [3.8, 4) is 0 Å². The van der Waals surface area contributed by atoms with Gasteiger partial charge in [-0.05, 0) is 53.3 Å². The zero-order valence-electron chi connectivity index (χ0n) is 12.1. The molecular weight excluding hydrogens is 393 g/mol. The van der Waals surface area contributed by atoms with Gasteiger partial charge in [0.15, 0.2) is 6.61 Å². The molecule has 0 unspecified atom stereocenters. The van der Waals surface area contributed by atoms with Crippen LogP contribution in [-0.2, 0) is 9.53 Å². The second kappa shape index (κ2) is 7.93. The molecule has 2 aromatic rings. The molecule has 0 bridgehead atoms. The molecular formula is C17H16INO3. The molecule has 0 aliphatic heterocycles. The lowest BCUT2D eigenvalue weighted by Crippen LogP contribution is -2.31. The molecule has 0 saturated heterocycles. The van der Waals surface area contributed by atoms with E-state index in [1.165, 1.54) is 0 Å². The van der Waals surface area contributed by atoms with Gasteiger partial charge in [0.2, 0.25) is 0 Å². The molecule has 1 atom stereocenters. The van der Waals surface area contributed by atoms with E-state index in [0.717, 1.165) is 9.13 Å². The molecule has 1 N–H and O–H groups in total. The second-order valence-electron chi connectivity index (χ2n) is 4.79. The fourth-order valence-electron chi connectivity index (χ4n) is 1.94. The van der Waals surface area contributed by atoms with Crippen molar-refractivity contribution in [2.45, 2.75) is 13.0 Å². The van der Waals surface area contributed by atoms with Crippen molar-refractivity contribution in [1.29, 1.82) is 0 Å². The van der Waals surface area contributed by atoms with Crippen LogP contribution in [0.3, 0.4) is 0 Å². The van der Waals surface area contributed by atoms with Crippen LogP contribution in [0.5, 0.6) is 0 Å². The van der Waals surface area contributed by atoms with Crippen LogP contribution in [-0.4, -0.2) is 18.5 Å². The Kier molecular flexibility index (Phi) is 5.94.